The number of carbonyl (C=O) groups is 1. The van der Waals surface area contributed by atoms with Crippen molar-refractivity contribution in [2.24, 2.45) is 0 Å². The molecule has 0 radical (unpaired) electrons. The molecule has 0 fully saturated rings. The zero-order chi connectivity index (χ0) is 14.0. The van der Waals surface area contributed by atoms with Gasteiger partial charge in [-0.3, -0.25) is 4.79 Å². The zero-order valence-electron chi connectivity index (χ0n) is 12.3. The van der Waals surface area contributed by atoms with Gasteiger partial charge in [0, 0.05) is 11.6 Å². The van der Waals surface area contributed by atoms with Crippen molar-refractivity contribution >= 4 is 13.9 Å². The maximum atomic E-state index is 12.3. The molecule has 100 valence electrons. The highest BCUT2D eigenvalue weighted by atomic mass is 28.3. The largest absolute Gasteiger partial charge is 0.497 e. The molecular formula is C15H24O2Si. The summed E-state index contributed by atoms with van der Waals surface area (Å²) < 4.78 is 5.10. The van der Waals surface area contributed by atoms with Crippen LogP contribution in [0.3, 0.4) is 0 Å². The summed E-state index contributed by atoms with van der Waals surface area (Å²) in [6, 6.07) is 8.10. The number of ether oxygens (including phenoxy) is 1. The van der Waals surface area contributed by atoms with Gasteiger partial charge < -0.3 is 4.74 Å². The van der Waals surface area contributed by atoms with E-state index in [1.807, 2.05) is 24.3 Å². The van der Waals surface area contributed by atoms with Gasteiger partial charge in [0.1, 0.15) is 5.75 Å². The second kappa shape index (κ2) is 5.27. The van der Waals surface area contributed by atoms with E-state index < -0.39 is 8.07 Å². The average molecular weight is 264 g/mol. The van der Waals surface area contributed by atoms with Gasteiger partial charge in [-0.15, -0.1) is 0 Å². The third-order valence-electron chi connectivity index (χ3n) is 4.04. The average Bonchev–Trinajstić information content (AvgIpc) is 2.27. The van der Waals surface area contributed by atoms with Crippen molar-refractivity contribution in [3.8, 4) is 5.75 Å². The second-order valence-corrected chi connectivity index (χ2v) is 12.1. The van der Waals surface area contributed by atoms with E-state index in [9.17, 15) is 4.79 Å². The van der Waals surface area contributed by atoms with E-state index in [0.29, 0.717) is 6.04 Å². The molecule has 0 saturated heterocycles. The maximum Gasteiger partial charge on any atom is 0.160 e. The molecule has 0 aliphatic rings. The Balaban J connectivity index is 2.82. The number of rotatable bonds is 4. The number of ketones is 1. The van der Waals surface area contributed by atoms with Crippen LogP contribution in [0, 0.1) is 0 Å². The van der Waals surface area contributed by atoms with Crippen molar-refractivity contribution in [2.45, 2.75) is 44.9 Å². The number of hydrogen-bond acceptors (Lipinski definition) is 2. The first-order valence-electron chi connectivity index (χ1n) is 6.34. The molecule has 0 N–H and O–H groups in total. The van der Waals surface area contributed by atoms with Crippen molar-refractivity contribution in [2.75, 3.05) is 7.11 Å². The topological polar surface area (TPSA) is 26.3 Å². The molecule has 1 rings (SSSR count). The van der Waals surface area contributed by atoms with Gasteiger partial charge in [-0.05, 0) is 29.3 Å². The molecule has 0 aromatic heterocycles. The summed E-state index contributed by atoms with van der Waals surface area (Å²) in [6.45, 7) is 11.3. The Hall–Kier alpha value is -1.09. The first kappa shape index (κ1) is 15.0. The Morgan fingerprint density at radius 2 is 1.67 bits per heavy atom. The first-order valence-corrected chi connectivity index (χ1v) is 9.55. The number of methoxy groups -OCH3 is 1. The van der Waals surface area contributed by atoms with Crippen LogP contribution < -0.4 is 4.74 Å². The molecule has 18 heavy (non-hydrogen) atoms. The summed E-state index contributed by atoms with van der Waals surface area (Å²) in [5.74, 6) is 1.04. The molecule has 0 spiro atoms. The summed E-state index contributed by atoms with van der Waals surface area (Å²) >= 11 is 0. The molecule has 0 saturated carbocycles. The van der Waals surface area contributed by atoms with Crippen LogP contribution in [0.25, 0.3) is 0 Å². The van der Waals surface area contributed by atoms with Crippen LogP contribution in [0.2, 0.25) is 24.2 Å². The van der Waals surface area contributed by atoms with Crippen molar-refractivity contribution < 1.29 is 9.53 Å². The van der Waals surface area contributed by atoms with Crippen molar-refractivity contribution in [3.05, 3.63) is 29.8 Å². The lowest BCUT2D eigenvalue weighted by Crippen LogP contribution is -2.39. The minimum Gasteiger partial charge on any atom is -0.497 e. The highest BCUT2D eigenvalue weighted by Crippen LogP contribution is 2.39. The van der Waals surface area contributed by atoms with Gasteiger partial charge >= 0.3 is 0 Å². The summed E-state index contributed by atoms with van der Waals surface area (Å²) in [4.78, 5) is 12.3. The van der Waals surface area contributed by atoms with Crippen molar-refractivity contribution in [1.29, 1.82) is 0 Å². The SMILES string of the molecule is COc1ccc(C(=O)C[Si](C)(C)C(C)(C)C)cc1. The lowest BCUT2D eigenvalue weighted by Gasteiger charge is -2.36. The summed E-state index contributed by atoms with van der Waals surface area (Å²) in [7, 11) is 0.0780. The fourth-order valence-corrected chi connectivity index (χ4v) is 3.08. The molecule has 0 amide bonds. The number of benzene rings is 1. The lowest BCUT2D eigenvalue weighted by molar-refractivity contribution is 0.101. The fraction of sp³-hybridized carbons (Fsp3) is 0.533. The highest BCUT2D eigenvalue weighted by Gasteiger charge is 2.36. The third-order valence-corrected chi connectivity index (χ3v) is 9.31. The minimum atomic E-state index is -1.55. The molecule has 2 nitrogen and oxygen atoms in total. The van der Waals surface area contributed by atoms with Crippen LogP contribution in [0.5, 0.6) is 5.75 Å². The molecule has 0 bridgehead atoms. The van der Waals surface area contributed by atoms with Crippen molar-refractivity contribution in [1.82, 2.24) is 0 Å². The van der Waals surface area contributed by atoms with Gasteiger partial charge in [0.2, 0.25) is 0 Å². The van der Waals surface area contributed by atoms with E-state index >= 15 is 0 Å². The van der Waals surface area contributed by atoms with E-state index in [0.717, 1.165) is 11.3 Å². The van der Waals surface area contributed by atoms with Crippen molar-refractivity contribution in [3.63, 3.8) is 0 Å². The van der Waals surface area contributed by atoms with Crippen LogP contribution in [-0.2, 0) is 0 Å². The van der Waals surface area contributed by atoms with Gasteiger partial charge in [0.25, 0.3) is 0 Å². The molecule has 0 atom stereocenters. The van der Waals surface area contributed by atoms with Gasteiger partial charge in [-0.25, -0.2) is 0 Å². The Labute approximate surface area is 111 Å². The monoisotopic (exact) mass is 264 g/mol. The van der Waals surface area contributed by atoms with Crippen LogP contribution in [0.4, 0.5) is 0 Å². The normalized spacial score (nSPS) is 12.3. The third kappa shape index (κ3) is 3.45. The quantitative estimate of drug-likeness (QED) is 0.595. The lowest BCUT2D eigenvalue weighted by atomic mass is 10.1. The van der Waals surface area contributed by atoms with E-state index in [2.05, 4.69) is 33.9 Å². The number of Topliss-reactive ketones (excluding diaryl/α,β-unsaturated/α-hetero) is 1. The number of carbonyl (C=O) groups excluding carboxylic acids is 1. The highest BCUT2D eigenvalue weighted by molar-refractivity contribution is 6.82. The predicted molar refractivity (Wildman–Crippen MR) is 79.3 cm³/mol. The second-order valence-electron chi connectivity index (χ2n) is 6.46. The molecule has 0 unspecified atom stereocenters. The molecular weight excluding hydrogens is 240 g/mol. The Kier molecular flexibility index (Phi) is 4.38. The van der Waals surface area contributed by atoms with Gasteiger partial charge in [0.15, 0.2) is 5.78 Å². The van der Waals surface area contributed by atoms with Gasteiger partial charge in [-0.1, -0.05) is 33.9 Å². The standard InChI is InChI=1S/C15H24O2Si/c1-15(2,3)18(5,6)11-14(16)12-7-9-13(17-4)10-8-12/h7-10H,11H2,1-6H3. The first-order chi connectivity index (χ1) is 8.17. The molecule has 3 heteroatoms. The van der Waals surface area contributed by atoms with Crippen LogP contribution in [0.15, 0.2) is 24.3 Å². The smallest absolute Gasteiger partial charge is 0.160 e. The van der Waals surface area contributed by atoms with Crippen LogP contribution >= 0.6 is 0 Å². The van der Waals surface area contributed by atoms with Gasteiger partial charge in [-0.2, -0.15) is 0 Å². The molecule has 0 heterocycles. The van der Waals surface area contributed by atoms with E-state index in [1.165, 1.54) is 0 Å². The fourth-order valence-electron chi connectivity index (χ4n) is 1.55. The molecule has 1 aromatic rings. The van der Waals surface area contributed by atoms with E-state index in [4.69, 9.17) is 4.74 Å². The Bertz CT molecular complexity index is 413. The van der Waals surface area contributed by atoms with Crippen LogP contribution in [-0.4, -0.2) is 21.0 Å². The van der Waals surface area contributed by atoms with Crippen LogP contribution in [0.1, 0.15) is 31.1 Å². The zero-order valence-corrected chi connectivity index (χ0v) is 13.3. The molecule has 0 aliphatic carbocycles. The molecule has 1 aromatic carbocycles. The minimum absolute atomic E-state index is 0.245. The summed E-state index contributed by atoms with van der Waals surface area (Å²) in [5, 5.41) is 0.245. The Morgan fingerprint density at radius 3 is 2.06 bits per heavy atom. The predicted octanol–water partition coefficient (Wildman–Crippen LogP) is 4.39. The molecule has 0 aliphatic heterocycles. The Morgan fingerprint density at radius 1 is 1.17 bits per heavy atom. The van der Waals surface area contributed by atoms with E-state index in [-0.39, 0.29) is 10.8 Å². The van der Waals surface area contributed by atoms with E-state index in [1.54, 1.807) is 7.11 Å². The maximum absolute atomic E-state index is 12.3. The summed E-state index contributed by atoms with van der Waals surface area (Å²) in [6.07, 6.45) is 0. The number of hydrogen-bond donors (Lipinski definition) is 0. The summed E-state index contributed by atoms with van der Waals surface area (Å²) in [5.41, 5.74) is 0.792. The van der Waals surface area contributed by atoms with Gasteiger partial charge in [0.05, 0.1) is 15.2 Å².